The highest BCUT2D eigenvalue weighted by molar-refractivity contribution is 6.21. The minimum Gasteiger partial charge on any atom is -0.354 e. The van der Waals surface area contributed by atoms with Gasteiger partial charge in [-0.05, 0) is 25.0 Å². The fourth-order valence-corrected chi connectivity index (χ4v) is 2.39. The van der Waals surface area contributed by atoms with E-state index in [1.807, 2.05) is 74.5 Å². The van der Waals surface area contributed by atoms with E-state index in [2.05, 4.69) is 5.32 Å². The van der Waals surface area contributed by atoms with E-state index in [9.17, 15) is 4.79 Å². The van der Waals surface area contributed by atoms with E-state index in [-0.39, 0.29) is 11.3 Å². The van der Waals surface area contributed by atoms with Gasteiger partial charge in [0.15, 0.2) is 0 Å². The lowest BCUT2D eigenvalue weighted by molar-refractivity contribution is -0.125. The van der Waals surface area contributed by atoms with Crippen molar-refractivity contribution < 1.29 is 4.79 Å². The van der Waals surface area contributed by atoms with Crippen LogP contribution in [0.5, 0.6) is 0 Å². The summed E-state index contributed by atoms with van der Waals surface area (Å²) in [5, 5.41) is 2.73. The fraction of sp³-hybridized carbons (Fsp3) is 0.278. The lowest BCUT2D eigenvalue weighted by Gasteiger charge is -2.25. The Kier molecular flexibility index (Phi) is 5.03. The van der Waals surface area contributed by atoms with Crippen molar-refractivity contribution >= 4 is 17.5 Å². The van der Waals surface area contributed by atoms with Gasteiger partial charge in [-0.1, -0.05) is 60.7 Å². The first-order valence-corrected chi connectivity index (χ1v) is 7.48. The van der Waals surface area contributed by atoms with Gasteiger partial charge in [0, 0.05) is 6.54 Å². The van der Waals surface area contributed by atoms with Crippen LogP contribution in [0.3, 0.4) is 0 Å². The third kappa shape index (κ3) is 3.85. The van der Waals surface area contributed by atoms with Crippen LogP contribution in [-0.2, 0) is 10.2 Å². The van der Waals surface area contributed by atoms with Crippen molar-refractivity contribution in [3.8, 4) is 0 Å². The van der Waals surface area contributed by atoms with Gasteiger partial charge in [0.05, 0.1) is 10.8 Å². The molecule has 0 saturated heterocycles. The van der Waals surface area contributed by atoms with Crippen molar-refractivity contribution in [1.29, 1.82) is 0 Å². The lowest BCUT2D eigenvalue weighted by Crippen LogP contribution is -2.41. The first-order valence-electron chi connectivity index (χ1n) is 7.04. The molecule has 1 amide bonds. The van der Waals surface area contributed by atoms with Crippen LogP contribution >= 0.6 is 11.6 Å². The van der Waals surface area contributed by atoms with Crippen LogP contribution in [0.1, 0.15) is 30.4 Å². The average molecular weight is 302 g/mol. The third-order valence-corrected chi connectivity index (χ3v) is 4.07. The quantitative estimate of drug-likeness (QED) is 0.829. The number of benzene rings is 2. The second kappa shape index (κ2) is 6.77. The molecule has 2 aromatic rings. The number of hydrogen-bond acceptors (Lipinski definition) is 1. The number of alkyl halides is 1. The minimum atomic E-state index is -0.575. The summed E-state index contributed by atoms with van der Waals surface area (Å²) in [6.07, 6.45) is 0. The van der Waals surface area contributed by atoms with Gasteiger partial charge >= 0.3 is 0 Å². The molecule has 1 atom stereocenters. The molecule has 2 aromatic carbocycles. The Morgan fingerprint density at radius 3 is 2.14 bits per heavy atom. The Bertz CT molecular complexity index is 581. The summed E-state index contributed by atoms with van der Waals surface area (Å²) < 4.78 is 0. The van der Waals surface area contributed by atoms with Gasteiger partial charge in [-0.2, -0.15) is 0 Å². The molecule has 0 aliphatic carbocycles. The number of rotatable bonds is 5. The van der Waals surface area contributed by atoms with Crippen LogP contribution in [0.25, 0.3) is 0 Å². The molecule has 0 bridgehead atoms. The smallest absolute Gasteiger partial charge is 0.230 e. The van der Waals surface area contributed by atoms with Crippen molar-refractivity contribution in [1.82, 2.24) is 5.32 Å². The van der Waals surface area contributed by atoms with Crippen LogP contribution in [-0.4, -0.2) is 12.5 Å². The maximum absolute atomic E-state index is 12.4. The molecule has 0 saturated carbocycles. The Balaban J connectivity index is 1.99. The molecule has 0 heterocycles. The summed E-state index contributed by atoms with van der Waals surface area (Å²) in [5.74, 6) is -0.0183. The predicted octanol–water partition coefficient (Wildman–Crippen LogP) is 4.06. The maximum atomic E-state index is 12.4. The van der Waals surface area contributed by atoms with Gasteiger partial charge < -0.3 is 5.32 Å². The molecule has 2 nitrogen and oxygen atoms in total. The Morgan fingerprint density at radius 1 is 1.05 bits per heavy atom. The molecule has 110 valence electrons. The predicted molar refractivity (Wildman–Crippen MR) is 87.5 cm³/mol. The molecule has 0 spiro atoms. The standard InChI is InChI=1S/C18H20ClNO/c1-18(2,15-11-7-4-8-12-15)17(21)20-13-16(19)14-9-5-3-6-10-14/h3-12,16H,13H2,1-2H3,(H,20,21). The summed E-state index contributed by atoms with van der Waals surface area (Å²) in [6, 6.07) is 19.5. The van der Waals surface area contributed by atoms with E-state index >= 15 is 0 Å². The molecule has 0 fully saturated rings. The van der Waals surface area contributed by atoms with E-state index in [0.717, 1.165) is 11.1 Å². The van der Waals surface area contributed by atoms with Crippen LogP contribution in [0.15, 0.2) is 60.7 Å². The second-order valence-electron chi connectivity index (χ2n) is 5.58. The van der Waals surface area contributed by atoms with E-state index in [1.165, 1.54) is 0 Å². The number of halogens is 1. The molecule has 0 aromatic heterocycles. The normalized spacial score (nSPS) is 12.7. The highest BCUT2D eigenvalue weighted by atomic mass is 35.5. The van der Waals surface area contributed by atoms with Crippen LogP contribution in [0, 0.1) is 0 Å². The zero-order chi connectivity index (χ0) is 15.3. The Morgan fingerprint density at radius 2 is 1.57 bits per heavy atom. The minimum absolute atomic E-state index is 0.0183. The first-order chi connectivity index (χ1) is 10.0. The number of amides is 1. The Hall–Kier alpha value is -1.80. The number of carbonyl (C=O) groups is 1. The van der Waals surface area contributed by atoms with Crippen LogP contribution in [0.2, 0.25) is 0 Å². The highest BCUT2D eigenvalue weighted by Gasteiger charge is 2.29. The van der Waals surface area contributed by atoms with Crippen LogP contribution in [0.4, 0.5) is 0 Å². The number of nitrogens with one attached hydrogen (secondary N) is 1. The van der Waals surface area contributed by atoms with Gasteiger partial charge in [0.1, 0.15) is 0 Å². The summed E-state index contributed by atoms with van der Waals surface area (Å²) in [7, 11) is 0. The molecular formula is C18H20ClNO. The van der Waals surface area contributed by atoms with Gasteiger partial charge in [0.2, 0.25) is 5.91 Å². The van der Waals surface area contributed by atoms with Gasteiger partial charge in [0.25, 0.3) is 0 Å². The highest BCUT2D eigenvalue weighted by Crippen LogP contribution is 2.24. The third-order valence-electron chi connectivity index (χ3n) is 3.67. The van der Waals surface area contributed by atoms with Crippen molar-refractivity contribution in [3.05, 3.63) is 71.8 Å². The summed E-state index contributed by atoms with van der Waals surface area (Å²) in [4.78, 5) is 12.4. The van der Waals surface area contributed by atoms with Gasteiger partial charge in [-0.3, -0.25) is 4.79 Å². The molecule has 3 heteroatoms. The molecular weight excluding hydrogens is 282 g/mol. The molecule has 0 aliphatic rings. The second-order valence-corrected chi connectivity index (χ2v) is 6.11. The van der Waals surface area contributed by atoms with Crippen molar-refractivity contribution in [3.63, 3.8) is 0 Å². The van der Waals surface area contributed by atoms with E-state index in [4.69, 9.17) is 11.6 Å². The number of carbonyl (C=O) groups excluding carboxylic acids is 1. The zero-order valence-corrected chi connectivity index (χ0v) is 13.1. The van der Waals surface area contributed by atoms with E-state index < -0.39 is 5.41 Å². The lowest BCUT2D eigenvalue weighted by atomic mass is 9.84. The van der Waals surface area contributed by atoms with E-state index in [0.29, 0.717) is 6.54 Å². The average Bonchev–Trinajstić information content (AvgIpc) is 2.53. The first kappa shape index (κ1) is 15.6. The maximum Gasteiger partial charge on any atom is 0.230 e. The molecule has 1 N–H and O–H groups in total. The number of hydrogen-bond donors (Lipinski definition) is 1. The molecule has 1 unspecified atom stereocenters. The van der Waals surface area contributed by atoms with Crippen LogP contribution < -0.4 is 5.32 Å². The van der Waals surface area contributed by atoms with E-state index in [1.54, 1.807) is 0 Å². The topological polar surface area (TPSA) is 29.1 Å². The SMILES string of the molecule is CC(C)(C(=O)NCC(Cl)c1ccccc1)c1ccccc1. The summed E-state index contributed by atoms with van der Waals surface area (Å²) >= 11 is 6.33. The Labute approximate surface area is 131 Å². The molecule has 21 heavy (non-hydrogen) atoms. The molecule has 0 radical (unpaired) electrons. The largest absolute Gasteiger partial charge is 0.354 e. The molecule has 0 aliphatic heterocycles. The monoisotopic (exact) mass is 301 g/mol. The summed E-state index contributed by atoms with van der Waals surface area (Å²) in [6.45, 7) is 4.26. The zero-order valence-electron chi connectivity index (χ0n) is 12.3. The van der Waals surface area contributed by atoms with Crippen molar-refractivity contribution in [2.24, 2.45) is 0 Å². The summed E-state index contributed by atoms with van der Waals surface area (Å²) in [5.41, 5.74) is 1.43. The van der Waals surface area contributed by atoms with Crippen molar-refractivity contribution in [2.75, 3.05) is 6.54 Å². The van der Waals surface area contributed by atoms with Gasteiger partial charge in [-0.15, -0.1) is 11.6 Å². The van der Waals surface area contributed by atoms with Crippen molar-refractivity contribution in [2.45, 2.75) is 24.6 Å². The van der Waals surface area contributed by atoms with Gasteiger partial charge in [-0.25, -0.2) is 0 Å². The molecule has 2 rings (SSSR count). The fourth-order valence-electron chi connectivity index (χ4n) is 2.17.